The van der Waals surface area contributed by atoms with Crippen LogP contribution in [0, 0.1) is 27.7 Å². The molecule has 2 aliphatic heterocycles. The number of H-pyrrole nitrogens is 2. The Labute approximate surface area is 376 Å². The molecule has 6 heterocycles. The number of aromatic amines is 2. The number of para-hydroxylation sites is 4. The first-order chi connectivity index (χ1) is 28.5. The second-order valence-electron chi connectivity index (χ2n) is 14.8. The number of halogens is 1. The molecule has 0 fully saturated rings. The molecule has 2 aliphatic rings. The van der Waals surface area contributed by atoms with Crippen molar-refractivity contribution in [3.63, 3.8) is 0 Å². The number of rotatable bonds is 4. The maximum absolute atomic E-state index is 12.1. The van der Waals surface area contributed by atoms with Gasteiger partial charge in [0.05, 0.1) is 22.2 Å². The summed E-state index contributed by atoms with van der Waals surface area (Å²) < 4.78 is 6.15. The minimum Gasteiger partial charge on any atom is -1.00 e. The second-order valence-corrected chi connectivity index (χ2v) is 15.2. The number of aryl methyl sites for hydroxylation is 4. The molecule has 0 bridgehead atoms. The van der Waals surface area contributed by atoms with Crippen molar-refractivity contribution in [3.05, 3.63) is 159 Å². The average molecular weight is 827 g/mol. The summed E-state index contributed by atoms with van der Waals surface area (Å²) in [6.45, 7) is 9.18. The number of benzene rings is 4. The Hall–Kier alpha value is -5.91. The number of amides is 2. The van der Waals surface area contributed by atoms with Gasteiger partial charge in [0.2, 0.25) is 5.88 Å². The topological polar surface area (TPSA) is 145 Å². The third-order valence-corrected chi connectivity index (χ3v) is 10.8. The summed E-state index contributed by atoms with van der Waals surface area (Å²) in [5.74, 6) is 1.75. The van der Waals surface area contributed by atoms with Gasteiger partial charge in [-0.1, -0.05) is 84.4 Å². The van der Waals surface area contributed by atoms with Crippen LogP contribution < -0.4 is 44.9 Å². The Kier molecular flexibility index (Phi) is 12.8. The number of ether oxygens (including phenoxy) is 1. The predicted molar refractivity (Wildman–Crippen MR) is 235 cm³/mol. The molecule has 0 unspecified atom stereocenters. The maximum Gasteiger partial charge on any atom is 1.00 e. The van der Waals surface area contributed by atoms with Gasteiger partial charge >= 0.3 is 29.6 Å². The van der Waals surface area contributed by atoms with Gasteiger partial charge in [0.1, 0.15) is 16.7 Å². The SMILES string of the molecule is Cc1cccc(C)c1O.Cc1cccc(C)c1Oc1ccc2cccc(-c3cc4c([nH]3)CCNC4=O)c2n1.O=C1NCCc2[nH]c(-c3cccc4ccc(Cl)nc34)cc21.[H-].[Na+]. The van der Waals surface area contributed by atoms with E-state index >= 15 is 0 Å². The van der Waals surface area contributed by atoms with Crippen LogP contribution in [0.4, 0.5) is 0 Å². The quantitative estimate of drug-likeness (QED) is 0.0937. The Morgan fingerprint density at radius 2 is 1.07 bits per heavy atom. The molecule has 4 aromatic heterocycles. The molecule has 298 valence electrons. The van der Waals surface area contributed by atoms with Crippen molar-refractivity contribution in [1.29, 1.82) is 0 Å². The second kappa shape index (κ2) is 18.1. The van der Waals surface area contributed by atoms with Crippen LogP contribution in [0.25, 0.3) is 44.3 Å². The molecule has 5 N–H and O–H groups in total. The van der Waals surface area contributed by atoms with Gasteiger partial charge < -0.3 is 31.9 Å². The number of phenols is 1. The summed E-state index contributed by atoms with van der Waals surface area (Å²) in [4.78, 5) is 40.0. The van der Waals surface area contributed by atoms with Crippen LogP contribution >= 0.6 is 11.6 Å². The predicted octanol–water partition coefficient (Wildman–Crippen LogP) is 7.22. The Balaban J connectivity index is 0.000000170. The van der Waals surface area contributed by atoms with E-state index in [0.29, 0.717) is 35.4 Å². The fraction of sp³-hybridized carbons (Fsp3) is 0.167. The molecule has 12 heteroatoms. The van der Waals surface area contributed by atoms with Gasteiger partial charge in [-0.15, -0.1) is 0 Å². The molecule has 0 spiro atoms. The number of hydrogen-bond acceptors (Lipinski definition) is 6. The molecule has 4 aromatic carbocycles. The van der Waals surface area contributed by atoms with Gasteiger partial charge in [-0.2, -0.15) is 0 Å². The van der Waals surface area contributed by atoms with Crippen molar-refractivity contribution in [2.45, 2.75) is 40.5 Å². The van der Waals surface area contributed by atoms with E-state index in [1.807, 2.05) is 131 Å². The van der Waals surface area contributed by atoms with Crippen molar-refractivity contribution in [1.82, 2.24) is 30.6 Å². The number of hydrogen-bond donors (Lipinski definition) is 5. The Morgan fingerprint density at radius 3 is 1.57 bits per heavy atom. The van der Waals surface area contributed by atoms with E-state index in [1.165, 1.54) is 0 Å². The maximum atomic E-state index is 12.1. The van der Waals surface area contributed by atoms with Crippen LogP contribution in [0.15, 0.2) is 109 Å². The zero-order chi connectivity index (χ0) is 41.2. The van der Waals surface area contributed by atoms with Gasteiger partial charge in [-0.25, -0.2) is 9.97 Å². The summed E-state index contributed by atoms with van der Waals surface area (Å²) in [6.07, 6.45) is 1.63. The molecule has 0 radical (unpaired) electrons. The Morgan fingerprint density at radius 1 is 0.600 bits per heavy atom. The largest absolute Gasteiger partial charge is 1.00 e. The molecule has 10 nitrogen and oxygen atoms in total. The van der Waals surface area contributed by atoms with Crippen molar-refractivity contribution in [3.8, 4) is 39.9 Å². The van der Waals surface area contributed by atoms with E-state index < -0.39 is 0 Å². The molecule has 2 amide bonds. The fourth-order valence-electron chi connectivity index (χ4n) is 7.49. The number of carbonyl (C=O) groups excluding carboxylic acids is 2. The first kappa shape index (κ1) is 42.2. The third-order valence-electron chi connectivity index (χ3n) is 10.6. The Bertz CT molecular complexity index is 2870. The molecule has 10 rings (SSSR count). The van der Waals surface area contributed by atoms with Crippen LogP contribution in [0.2, 0.25) is 5.15 Å². The number of nitrogens with zero attached hydrogens (tertiary/aromatic N) is 2. The number of aromatic hydroxyl groups is 1. The van der Waals surface area contributed by atoms with Crippen LogP contribution in [-0.2, 0) is 12.8 Å². The molecule has 0 saturated carbocycles. The molecule has 60 heavy (non-hydrogen) atoms. The fourth-order valence-corrected chi connectivity index (χ4v) is 7.64. The summed E-state index contributed by atoms with van der Waals surface area (Å²) in [5, 5.41) is 17.5. The summed E-state index contributed by atoms with van der Waals surface area (Å²) in [7, 11) is 0. The van der Waals surface area contributed by atoms with Crippen molar-refractivity contribution in [2.75, 3.05) is 13.1 Å². The first-order valence-electron chi connectivity index (χ1n) is 19.5. The smallest absolute Gasteiger partial charge is 1.00 e. The minimum absolute atomic E-state index is 0. The zero-order valence-corrected chi connectivity index (χ0v) is 36.9. The van der Waals surface area contributed by atoms with Gasteiger partial charge in [0.15, 0.2) is 0 Å². The molecule has 0 atom stereocenters. The first-order valence-corrected chi connectivity index (χ1v) is 19.9. The van der Waals surface area contributed by atoms with E-state index in [9.17, 15) is 14.7 Å². The summed E-state index contributed by atoms with van der Waals surface area (Å²) in [6, 6.07) is 35.3. The molecule has 0 aliphatic carbocycles. The number of carbonyl (C=O) groups is 2. The van der Waals surface area contributed by atoms with Gasteiger partial charge in [-0.3, -0.25) is 9.59 Å². The number of pyridine rings is 2. The number of nitrogens with one attached hydrogen (secondary N) is 4. The van der Waals surface area contributed by atoms with Crippen molar-refractivity contribution < 1.29 is 50.4 Å². The van der Waals surface area contributed by atoms with E-state index in [-0.39, 0.29) is 42.8 Å². The number of phenolic OH excluding ortho intramolecular Hbond substituents is 1. The molecule has 0 saturated heterocycles. The van der Waals surface area contributed by atoms with Crippen molar-refractivity contribution >= 4 is 45.2 Å². The number of aromatic nitrogens is 4. The van der Waals surface area contributed by atoms with Crippen molar-refractivity contribution in [2.24, 2.45) is 0 Å². The van der Waals surface area contributed by atoms with E-state index in [2.05, 4.69) is 25.6 Å². The van der Waals surface area contributed by atoms with Crippen LogP contribution in [-0.4, -0.2) is 49.9 Å². The van der Waals surface area contributed by atoms with Crippen LogP contribution in [0.1, 0.15) is 55.8 Å². The van der Waals surface area contributed by atoms with Crippen LogP contribution in [0.5, 0.6) is 17.4 Å². The summed E-state index contributed by atoms with van der Waals surface area (Å²) in [5.41, 5.74) is 12.8. The number of fused-ring (bicyclic) bond motifs is 4. The average Bonchev–Trinajstić information content (AvgIpc) is 3.88. The van der Waals surface area contributed by atoms with Crippen LogP contribution in [0.3, 0.4) is 0 Å². The molecule has 8 aromatic rings. The summed E-state index contributed by atoms with van der Waals surface area (Å²) >= 11 is 6.02. The molecular weight excluding hydrogens is 783 g/mol. The normalized spacial score (nSPS) is 12.8. The minimum atomic E-state index is -0.0269. The monoisotopic (exact) mass is 826 g/mol. The standard InChI is InChI=1S/C24H21N3O2.C16H12ClN3O.C8H10O.Na.H/c1-14-5-3-6-15(2)23(14)29-21-10-9-16-7-4-8-17(22(16)27-21)20-13-18-19(26-20)11-12-25-24(18)28;17-14-5-4-9-2-1-3-10(15(9)20-14)13-8-11-12(19-13)6-7-18-16(11)21;1-6-4-3-5-7(2)8(6)9;;/h3-10,13,26H,11-12H2,1-2H3,(H,25,28);1-5,8,19H,6-7H2,(H,18,21);3-5,9H,1-2H3;;/q;;;+1;-1. The van der Waals surface area contributed by atoms with E-state index in [1.54, 1.807) is 6.07 Å². The van der Waals surface area contributed by atoms with Gasteiger partial charge in [-0.05, 0) is 80.3 Å². The molecular formula is C48H44ClN6NaO4. The third kappa shape index (κ3) is 8.83. The zero-order valence-electron chi connectivity index (χ0n) is 35.2. The van der Waals surface area contributed by atoms with E-state index in [4.69, 9.17) is 21.3 Å². The van der Waals surface area contributed by atoms with Gasteiger partial charge in [0, 0.05) is 76.7 Å². The van der Waals surface area contributed by atoms with E-state index in [0.717, 1.165) is 102 Å². The van der Waals surface area contributed by atoms with Gasteiger partial charge in [0.25, 0.3) is 11.8 Å².